The fraction of sp³-hybridized carbons (Fsp3) is 0.944. The number of hydrogen-bond donors (Lipinski definition) is 1. The molecule has 1 N–H and O–H groups in total. The summed E-state index contributed by atoms with van der Waals surface area (Å²) >= 11 is 0. The Morgan fingerprint density at radius 3 is 2.33 bits per heavy atom. The van der Waals surface area contributed by atoms with Gasteiger partial charge in [-0.2, -0.15) is 0 Å². The second-order valence-electron chi connectivity index (χ2n) is 7.89. The zero-order valence-corrected chi connectivity index (χ0v) is 13.8. The van der Waals surface area contributed by atoms with E-state index >= 15 is 0 Å². The molecule has 0 radical (unpaired) electrons. The molecule has 2 aliphatic heterocycles. The molecule has 0 aromatic heterocycles. The van der Waals surface area contributed by atoms with Crippen LogP contribution < -0.4 is 5.32 Å². The maximum atomic E-state index is 13.1. The highest BCUT2D eigenvalue weighted by Crippen LogP contribution is 2.36. The van der Waals surface area contributed by atoms with E-state index in [2.05, 4.69) is 24.1 Å². The van der Waals surface area contributed by atoms with E-state index in [4.69, 9.17) is 0 Å². The van der Waals surface area contributed by atoms with Crippen molar-refractivity contribution in [2.24, 2.45) is 17.8 Å². The van der Waals surface area contributed by atoms with Crippen LogP contribution >= 0.6 is 0 Å². The van der Waals surface area contributed by atoms with E-state index in [-0.39, 0.29) is 6.04 Å². The Hall–Kier alpha value is -0.410. The first-order chi connectivity index (χ1) is 10.1. The first-order valence-electron chi connectivity index (χ1n) is 9.15. The van der Waals surface area contributed by atoms with Crippen molar-refractivity contribution in [2.45, 2.75) is 70.9 Å². The van der Waals surface area contributed by atoms with Gasteiger partial charge in [-0.15, -0.1) is 0 Å². The lowest BCUT2D eigenvalue weighted by atomic mass is 9.73. The van der Waals surface area contributed by atoms with Crippen molar-refractivity contribution in [1.82, 2.24) is 10.2 Å². The minimum atomic E-state index is 0.246. The summed E-state index contributed by atoms with van der Waals surface area (Å²) in [4.78, 5) is 15.7. The lowest BCUT2D eigenvalue weighted by molar-refractivity contribution is -0.130. The van der Waals surface area contributed by atoms with Crippen molar-refractivity contribution < 1.29 is 4.79 Å². The van der Waals surface area contributed by atoms with Crippen molar-refractivity contribution in [3.63, 3.8) is 0 Å². The molecule has 3 atom stereocenters. The van der Waals surface area contributed by atoms with Gasteiger partial charge in [-0.25, -0.2) is 0 Å². The summed E-state index contributed by atoms with van der Waals surface area (Å²) in [7, 11) is 0. The van der Waals surface area contributed by atoms with Gasteiger partial charge in [-0.3, -0.25) is 9.69 Å². The third kappa shape index (κ3) is 3.50. The molecule has 3 rings (SSSR count). The van der Waals surface area contributed by atoms with E-state index in [1.807, 2.05) is 0 Å². The highest BCUT2D eigenvalue weighted by atomic mass is 16.1. The van der Waals surface area contributed by atoms with Gasteiger partial charge in [0, 0.05) is 12.0 Å². The number of ketones is 1. The Morgan fingerprint density at radius 1 is 1.00 bits per heavy atom. The van der Waals surface area contributed by atoms with Crippen molar-refractivity contribution in [3.8, 4) is 0 Å². The number of piperidine rings is 1. The molecular weight excluding hydrogens is 260 g/mol. The fourth-order valence-electron chi connectivity index (χ4n) is 5.12. The topological polar surface area (TPSA) is 32.3 Å². The largest absolute Gasteiger partial charge is 0.317 e. The minimum absolute atomic E-state index is 0.246. The zero-order chi connectivity index (χ0) is 14.8. The average Bonchev–Trinajstić information content (AvgIpc) is 2.95. The van der Waals surface area contributed by atoms with Gasteiger partial charge in [-0.1, -0.05) is 13.8 Å². The molecule has 2 heterocycles. The van der Waals surface area contributed by atoms with Crippen LogP contribution in [-0.4, -0.2) is 42.4 Å². The summed E-state index contributed by atoms with van der Waals surface area (Å²) in [6, 6.07) is 0.900. The van der Waals surface area contributed by atoms with Gasteiger partial charge in [-0.05, 0) is 76.4 Å². The maximum absolute atomic E-state index is 13.1. The highest BCUT2D eigenvalue weighted by molar-refractivity contribution is 5.86. The van der Waals surface area contributed by atoms with E-state index in [0.29, 0.717) is 17.7 Å². The normalized spacial score (nSPS) is 39.5. The smallest absolute Gasteiger partial charge is 0.153 e. The molecule has 3 nitrogen and oxygen atoms in total. The van der Waals surface area contributed by atoms with Gasteiger partial charge >= 0.3 is 0 Å². The number of carbonyl (C=O) groups is 1. The number of likely N-dealkylation sites (tertiary alicyclic amines) is 1. The molecule has 3 heteroatoms. The molecule has 1 aliphatic carbocycles. The lowest BCUT2D eigenvalue weighted by Gasteiger charge is -2.38. The molecule has 3 fully saturated rings. The van der Waals surface area contributed by atoms with Gasteiger partial charge in [0.1, 0.15) is 0 Å². The SMILES string of the molecule is CC1CC(C)CC(C(=O)C2CCCN2C2CCNCC2)C1. The first-order valence-corrected chi connectivity index (χ1v) is 9.15. The van der Waals surface area contributed by atoms with E-state index in [1.165, 1.54) is 25.7 Å². The second-order valence-corrected chi connectivity index (χ2v) is 7.89. The standard InChI is InChI=1S/C18H32N2O/c1-13-10-14(2)12-15(11-13)18(21)17-4-3-9-20(17)16-5-7-19-8-6-16/h13-17,19H,3-12H2,1-2H3. The summed E-state index contributed by atoms with van der Waals surface area (Å²) < 4.78 is 0. The van der Waals surface area contributed by atoms with Crippen molar-refractivity contribution in [3.05, 3.63) is 0 Å². The predicted molar refractivity (Wildman–Crippen MR) is 86.3 cm³/mol. The Labute approximate surface area is 129 Å². The molecular formula is C18H32N2O. The molecule has 1 saturated carbocycles. The van der Waals surface area contributed by atoms with Crippen LogP contribution in [0.5, 0.6) is 0 Å². The highest BCUT2D eigenvalue weighted by Gasteiger charge is 2.40. The number of nitrogens with one attached hydrogen (secondary N) is 1. The number of hydrogen-bond acceptors (Lipinski definition) is 3. The predicted octanol–water partition coefficient (Wildman–Crippen LogP) is 2.84. The molecule has 3 aliphatic rings. The van der Waals surface area contributed by atoms with Crippen LogP contribution in [0, 0.1) is 17.8 Å². The van der Waals surface area contributed by atoms with Gasteiger partial charge < -0.3 is 5.32 Å². The number of Topliss-reactive ketones (excluding diaryl/α,β-unsaturated/α-hetero) is 1. The Balaban J connectivity index is 1.65. The lowest BCUT2D eigenvalue weighted by Crippen LogP contribution is -2.49. The Kier molecular flexibility index (Phi) is 5.00. The van der Waals surface area contributed by atoms with E-state index in [0.717, 1.165) is 50.7 Å². The monoisotopic (exact) mass is 292 g/mol. The molecule has 2 saturated heterocycles. The van der Waals surface area contributed by atoms with Crippen LogP contribution in [0.3, 0.4) is 0 Å². The van der Waals surface area contributed by atoms with Crippen LogP contribution in [0.1, 0.15) is 58.8 Å². The molecule has 0 amide bonds. The molecule has 0 spiro atoms. The molecule has 0 bridgehead atoms. The van der Waals surface area contributed by atoms with Crippen molar-refractivity contribution >= 4 is 5.78 Å². The molecule has 0 aromatic rings. The minimum Gasteiger partial charge on any atom is -0.317 e. The summed E-state index contributed by atoms with van der Waals surface area (Å²) in [5.74, 6) is 2.40. The van der Waals surface area contributed by atoms with E-state index in [9.17, 15) is 4.79 Å². The summed E-state index contributed by atoms with van der Waals surface area (Å²) in [6.07, 6.45) is 8.37. The molecule has 120 valence electrons. The van der Waals surface area contributed by atoms with E-state index in [1.54, 1.807) is 0 Å². The number of carbonyl (C=O) groups excluding carboxylic acids is 1. The molecule has 21 heavy (non-hydrogen) atoms. The van der Waals surface area contributed by atoms with Gasteiger partial charge in [0.25, 0.3) is 0 Å². The maximum Gasteiger partial charge on any atom is 0.153 e. The van der Waals surface area contributed by atoms with Crippen LogP contribution in [0.2, 0.25) is 0 Å². The van der Waals surface area contributed by atoms with Gasteiger partial charge in [0.05, 0.1) is 6.04 Å². The first kappa shape index (κ1) is 15.5. The van der Waals surface area contributed by atoms with Gasteiger partial charge in [0.15, 0.2) is 5.78 Å². The van der Waals surface area contributed by atoms with Crippen LogP contribution in [0.15, 0.2) is 0 Å². The van der Waals surface area contributed by atoms with Crippen LogP contribution in [-0.2, 0) is 4.79 Å². The number of rotatable bonds is 3. The van der Waals surface area contributed by atoms with Gasteiger partial charge in [0.2, 0.25) is 0 Å². The van der Waals surface area contributed by atoms with Crippen molar-refractivity contribution in [2.75, 3.05) is 19.6 Å². The summed E-state index contributed by atoms with van der Waals surface area (Å²) in [5.41, 5.74) is 0. The molecule has 3 unspecified atom stereocenters. The summed E-state index contributed by atoms with van der Waals surface area (Å²) in [6.45, 7) is 8.06. The Morgan fingerprint density at radius 2 is 1.67 bits per heavy atom. The average molecular weight is 292 g/mol. The summed E-state index contributed by atoms with van der Waals surface area (Å²) in [5, 5.41) is 3.45. The fourth-order valence-corrected chi connectivity index (χ4v) is 5.12. The third-order valence-corrected chi connectivity index (χ3v) is 5.98. The quantitative estimate of drug-likeness (QED) is 0.868. The molecule has 0 aromatic carbocycles. The van der Waals surface area contributed by atoms with Crippen molar-refractivity contribution in [1.29, 1.82) is 0 Å². The van der Waals surface area contributed by atoms with Crippen LogP contribution in [0.25, 0.3) is 0 Å². The van der Waals surface area contributed by atoms with E-state index < -0.39 is 0 Å². The zero-order valence-electron chi connectivity index (χ0n) is 13.8. The number of nitrogens with zero attached hydrogens (tertiary/aromatic N) is 1. The van der Waals surface area contributed by atoms with Crippen LogP contribution in [0.4, 0.5) is 0 Å². The third-order valence-electron chi connectivity index (χ3n) is 5.98. The second kappa shape index (κ2) is 6.78. The Bertz CT molecular complexity index is 354.